The third-order valence-electron chi connectivity index (χ3n) is 4.02. The lowest BCUT2D eigenvalue weighted by Gasteiger charge is -2.22. The molecule has 2 aromatic rings. The van der Waals surface area contributed by atoms with E-state index in [2.05, 4.69) is 25.6 Å². The molecule has 0 radical (unpaired) electrons. The number of pyridine rings is 1. The highest BCUT2D eigenvalue weighted by molar-refractivity contribution is 5.93. The van der Waals surface area contributed by atoms with Crippen molar-refractivity contribution in [3.05, 3.63) is 48.2 Å². The summed E-state index contributed by atoms with van der Waals surface area (Å²) in [5.74, 6) is 0.500. The predicted molar refractivity (Wildman–Crippen MR) is 87.9 cm³/mol. The maximum absolute atomic E-state index is 12.3. The topological polar surface area (TPSA) is 79.8 Å². The Labute approximate surface area is 135 Å². The fraction of sp³-hybridized carbons (Fsp3) is 0.412. The molecule has 1 aliphatic rings. The summed E-state index contributed by atoms with van der Waals surface area (Å²) in [5.41, 5.74) is 1.31. The van der Waals surface area contributed by atoms with Crippen LogP contribution >= 0.6 is 0 Å². The van der Waals surface area contributed by atoms with E-state index in [1.54, 1.807) is 12.3 Å². The van der Waals surface area contributed by atoms with Crippen LogP contribution in [0, 0.1) is 0 Å². The first kappa shape index (κ1) is 15.4. The molecule has 0 saturated heterocycles. The molecule has 3 rings (SSSR count). The maximum atomic E-state index is 12.3. The Bertz CT molecular complexity index is 640. The highest BCUT2D eigenvalue weighted by Crippen LogP contribution is 2.17. The van der Waals surface area contributed by atoms with E-state index < -0.39 is 0 Å². The van der Waals surface area contributed by atoms with Crippen molar-refractivity contribution in [3.63, 3.8) is 0 Å². The Kier molecular flexibility index (Phi) is 5.13. The van der Waals surface area contributed by atoms with Gasteiger partial charge in [-0.15, -0.1) is 0 Å². The van der Waals surface area contributed by atoms with Gasteiger partial charge >= 0.3 is 0 Å². The fourth-order valence-electron chi connectivity index (χ4n) is 2.77. The normalized spacial score (nSPS) is 15.1. The minimum absolute atomic E-state index is 0.125. The Morgan fingerprint density at radius 1 is 1.13 bits per heavy atom. The lowest BCUT2D eigenvalue weighted by Crippen LogP contribution is -2.36. The van der Waals surface area contributed by atoms with Crippen molar-refractivity contribution in [1.82, 2.24) is 20.3 Å². The van der Waals surface area contributed by atoms with Gasteiger partial charge in [0.2, 0.25) is 0 Å². The molecule has 6 nitrogen and oxygen atoms in total. The first-order chi connectivity index (χ1) is 11.3. The summed E-state index contributed by atoms with van der Waals surface area (Å²) in [6.07, 6.45) is 8.92. The Morgan fingerprint density at radius 3 is 2.78 bits per heavy atom. The molecule has 0 bridgehead atoms. The van der Waals surface area contributed by atoms with Crippen LogP contribution in [-0.4, -0.2) is 26.9 Å². The summed E-state index contributed by atoms with van der Waals surface area (Å²) < 4.78 is 0. The zero-order valence-corrected chi connectivity index (χ0v) is 13.0. The Morgan fingerprint density at radius 2 is 2.00 bits per heavy atom. The number of nitrogens with one attached hydrogen (secondary N) is 2. The largest absolute Gasteiger partial charge is 0.364 e. The number of rotatable bonds is 5. The third-order valence-corrected chi connectivity index (χ3v) is 4.02. The van der Waals surface area contributed by atoms with Gasteiger partial charge in [-0.2, -0.15) is 0 Å². The van der Waals surface area contributed by atoms with E-state index in [0.717, 1.165) is 18.5 Å². The fourth-order valence-corrected chi connectivity index (χ4v) is 2.77. The molecule has 6 heteroatoms. The molecule has 0 aromatic carbocycles. The van der Waals surface area contributed by atoms with Gasteiger partial charge in [-0.3, -0.25) is 9.78 Å². The van der Waals surface area contributed by atoms with E-state index in [4.69, 9.17) is 0 Å². The number of hydrogen-bond acceptors (Lipinski definition) is 5. The van der Waals surface area contributed by atoms with Crippen LogP contribution in [0.4, 0.5) is 5.82 Å². The number of anilines is 1. The molecule has 0 atom stereocenters. The number of aromatic nitrogens is 3. The van der Waals surface area contributed by atoms with Crippen molar-refractivity contribution in [2.75, 3.05) is 5.32 Å². The third kappa shape index (κ3) is 4.48. The van der Waals surface area contributed by atoms with E-state index in [-0.39, 0.29) is 11.9 Å². The number of carbonyl (C=O) groups excluding carboxylic acids is 1. The quantitative estimate of drug-likeness (QED) is 0.887. The lowest BCUT2D eigenvalue weighted by atomic mass is 9.95. The number of amides is 1. The van der Waals surface area contributed by atoms with Crippen LogP contribution in [-0.2, 0) is 6.54 Å². The minimum atomic E-state index is -0.125. The molecule has 1 aliphatic carbocycles. The zero-order valence-electron chi connectivity index (χ0n) is 13.0. The van der Waals surface area contributed by atoms with Crippen molar-refractivity contribution >= 4 is 11.7 Å². The summed E-state index contributed by atoms with van der Waals surface area (Å²) >= 11 is 0. The Balaban J connectivity index is 1.59. The van der Waals surface area contributed by atoms with Crippen LogP contribution in [0.25, 0.3) is 0 Å². The second-order valence-electron chi connectivity index (χ2n) is 5.77. The van der Waals surface area contributed by atoms with Crippen LogP contribution in [0.3, 0.4) is 0 Å². The van der Waals surface area contributed by atoms with Crippen LogP contribution in [0.1, 0.15) is 48.3 Å². The molecule has 23 heavy (non-hydrogen) atoms. The number of nitrogens with zero attached hydrogens (tertiary/aromatic N) is 3. The van der Waals surface area contributed by atoms with Crippen LogP contribution in [0.15, 0.2) is 36.8 Å². The van der Waals surface area contributed by atoms with Crippen molar-refractivity contribution in [2.45, 2.75) is 44.7 Å². The van der Waals surface area contributed by atoms with Crippen molar-refractivity contribution in [2.24, 2.45) is 0 Å². The molecule has 120 valence electrons. The molecular weight excluding hydrogens is 290 g/mol. The van der Waals surface area contributed by atoms with Gasteiger partial charge in [0.15, 0.2) is 0 Å². The van der Waals surface area contributed by atoms with Gasteiger partial charge in [0.05, 0.1) is 12.2 Å². The van der Waals surface area contributed by atoms with Gasteiger partial charge in [-0.25, -0.2) is 9.97 Å². The first-order valence-corrected chi connectivity index (χ1v) is 8.08. The van der Waals surface area contributed by atoms with Gasteiger partial charge in [0.1, 0.15) is 17.8 Å². The van der Waals surface area contributed by atoms with Crippen molar-refractivity contribution in [3.8, 4) is 0 Å². The van der Waals surface area contributed by atoms with E-state index in [1.807, 2.05) is 18.2 Å². The molecule has 0 aliphatic heterocycles. The van der Waals surface area contributed by atoms with Gasteiger partial charge in [-0.1, -0.05) is 25.3 Å². The monoisotopic (exact) mass is 311 g/mol. The minimum Gasteiger partial charge on any atom is -0.364 e. The molecule has 0 spiro atoms. The molecule has 1 amide bonds. The molecule has 1 saturated carbocycles. The predicted octanol–water partition coefficient (Wildman–Crippen LogP) is 2.55. The number of carbonyl (C=O) groups is 1. The standard InChI is InChI=1S/C17H21N5O/c23-17(22-13-6-2-1-3-7-13)15-10-16(21-12-20-15)19-11-14-8-4-5-9-18-14/h4-5,8-10,12-13H,1-3,6-7,11H2,(H,22,23)(H,19,20,21). The second-order valence-corrected chi connectivity index (χ2v) is 5.77. The summed E-state index contributed by atoms with van der Waals surface area (Å²) in [6, 6.07) is 7.71. The summed E-state index contributed by atoms with van der Waals surface area (Å²) in [5, 5.41) is 6.23. The SMILES string of the molecule is O=C(NC1CCCCC1)c1cc(NCc2ccccn2)ncn1. The summed E-state index contributed by atoms with van der Waals surface area (Å²) in [4.78, 5) is 24.8. The summed E-state index contributed by atoms with van der Waals surface area (Å²) in [7, 11) is 0. The maximum Gasteiger partial charge on any atom is 0.270 e. The van der Waals surface area contributed by atoms with Gasteiger partial charge in [0.25, 0.3) is 5.91 Å². The van der Waals surface area contributed by atoms with E-state index in [9.17, 15) is 4.79 Å². The molecule has 0 unspecified atom stereocenters. The van der Waals surface area contributed by atoms with Crippen LogP contribution in [0.5, 0.6) is 0 Å². The van der Waals surface area contributed by atoms with Gasteiger partial charge < -0.3 is 10.6 Å². The smallest absolute Gasteiger partial charge is 0.270 e. The van der Waals surface area contributed by atoms with Crippen molar-refractivity contribution in [1.29, 1.82) is 0 Å². The lowest BCUT2D eigenvalue weighted by molar-refractivity contribution is 0.0922. The summed E-state index contributed by atoms with van der Waals surface area (Å²) in [6.45, 7) is 0.557. The molecule has 2 heterocycles. The average molecular weight is 311 g/mol. The number of hydrogen-bond donors (Lipinski definition) is 2. The van der Waals surface area contributed by atoms with E-state index in [1.165, 1.54) is 25.6 Å². The molecule has 1 fully saturated rings. The van der Waals surface area contributed by atoms with E-state index in [0.29, 0.717) is 18.1 Å². The average Bonchev–Trinajstić information content (AvgIpc) is 2.62. The molecule has 2 N–H and O–H groups in total. The highest BCUT2D eigenvalue weighted by Gasteiger charge is 2.17. The van der Waals surface area contributed by atoms with Gasteiger partial charge in [-0.05, 0) is 25.0 Å². The van der Waals surface area contributed by atoms with Gasteiger partial charge in [0, 0.05) is 18.3 Å². The zero-order chi connectivity index (χ0) is 15.9. The first-order valence-electron chi connectivity index (χ1n) is 8.08. The molecule has 2 aromatic heterocycles. The Hall–Kier alpha value is -2.50. The van der Waals surface area contributed by atoms with Crippen LogP contribution < -0.4 is 10.6 Å². The molecular formula is C17H21N5O. The van der Waals surface area contributed by atoms with Crippen LogP contribution in [0.2, 0.25) is 0 Å². The van der Waals surface area contributed by atoms with Crippen molar-refractivity contribution < 1.29 is 4.79 Å². The second kappa shape index (κ2) is 7.67. The van der Waals surface area contributed by atoms with E-state index >= 15 is 0 Å². The highest BCUT2D eigenvalue weighted by atomic mass is 16.1.